The van der Waals surface area contributed by atoms with Crippen LogP contribution >= 0.6 is 0 Å². The molecule has 1 saturated heterocycles. The summed E-state index contributed by atoms with van der Waals surface area (Å²) >= 11 is 0. The molecule has 2 aromatic rings. The van der Waals surface area contributed by atoms with E-state index in [1.165, 1.54) is 0 Å². The number of pyridine rings is 1. The minimum Gasteiger partial charge on any atom is -0.374 e. The van der Waals surface area contributed by atoms with Crippen LogP contribution in [0.15, 0.2) is 48.7 Å². The van der Waals surface area contributed by atoms with Crippen molar-refractivity contribution in [1.82, 2.24) is 15.3 Å². The lowest BCUT2D eigenvalue weighted by molar-refractivity contribution is -0.0113. The van der Waals surface area contributed by atoms with Crippen LogP contribution in [0.4, 0.5) is 10.5 Å². The average molecular weight is 355 g/mol. The van der Waals surface area contributed by atoms with Gasteiger partial charge in [-0.15, -0.1) is 0 Å². The van der Waals surface area contributed by atoms with Gasteiger partial charge in [0.2, 0.25) is 0 Å². The number of anilines is 1. The molecule has 0 radical (unpaired) electrons. The number of nitrogen functional groups attached to an aromatic ring is 1. The quantitative estimate of drug-likeness (QED) is 0.433. The number of hydrogen-bond acceptors (Lipinski definition) is 5. The van der Waals surface area contributed by atoms with Crippen LogP contribution in [0, 0.1) is 0 Å². The summed E-state index contributed by atoms with van der Waals surface area (Å²) < 4.78 is 5.76. The molecule has 136 valence electrons. The zero-order valence-corrected chi connectivity index (χ0v) is 14.2. The fraction of sp³-hybridized carbons (Fsp3) is 0.278. The number of para-hydroxylation sites is 1. The summed E-state index contributed by atoms with van der Waals surface area (Å²) in [6, 6.07) is 12.6. The normalized spacial score (nSPS) is 16.8. The molecule has 0 bridgehead atoms. The number of ether oxygens (including phenoxy) is 1. The Kier molecular flexibility index (Phi) is 5.77. The van der Waals surface area contributed by atoms with E-state index in [1.807, 2.05) is 41.8 Å². The summed E-state index contributed by atoms with van der Waals surface area (Å²) in [5.41, 5.74) is 3.98. The van der Waals surface area contributed by atoms with Gasteiger partial charge in [0.25, 0.3) is 5.91 Å². The third kappa shape index (κ3) is 4.56. The third-order valence-corrected chi connectivity index (χ3v) is 4.10. The van der Waals surface area contributed by atoms with Crippen molar-refractivity contribution in [2.45, 2.75) is 12.5 Å². The van der Waals surface area contributed by atoms with Gasteiger partial charge in [0.15, 0.2) is 0 Å². The number of nitrogens with one attached hydrogen (secondary N) is 2. The molecular weight excluding hydrogens is 334 g/mol. The number of carbonyl (C=O) groups excluding carboxylic acids is 2. The largest absolute Gasteiger partial charge is 0.374 e. The molecule has 1 aromatic carbocycles. The zero-order chi connectivity index (χ0) is 18.4. The SMILES string of the molecule is NNC(=O)c1ccc(CC2CN(C(=O)Nc3ccccc3)CCO2)cn1. The number of rotatable bonds is 4. The van der Waals surface area contributed by atoms with Crippen molar-refractivity contribution >= 4 is 17.6 Å². The van der Waals surface area contributed by atoms with Gasteiger partial charge >= 0.3 is 6.03 Å². The molecule has 0 aliphatic carbocycles. The molecule has 4 N–H and O–H groups in total. The van der Waals surface area contributed by atoms with Gasteiger partial charge in [0.05, 0.1) is 12.7 Å². The van der Waals surface area contributed by atoms with E-state index in [1.54, 1.807) is 17.2 Å². The molecule has 1 aliphatic heterocycles. The van der Waals surface area contributed by atoms with Crippen molar-refractivity contribution in [3.05, 3.63) is 59.9 Å². The summed E-state index contributed by atoms with van der Waals surface area (Å²) in [5, 5.41) is 2.89. The fourth-order valence-electron chi connectivity index (χ4n) is 2.77. The molecule has 8 heteroatoms. The van der Waals surface area contributed by atoms with Gasteiger partial charge in [0.1, 0.15) is 5.69 Å². The molecule has 3 rings (SSSR count). The number of aromatic nitrogens is 1. The predicted molar refractivity (Wildman–Crippen MR) is 96.4 cm³/mol. The van der Waals surface area contributed by atoms with Crippen LogP contribution in [0.25, 0.3) is 0 Å². The molecule has 0 spiro atoms. The summed E-state index contributed by atoms with van der Waals surface area (Å²) in [4.78, 5) is 29.6. The van der Waals surface area contributed by atoms with Gasteiger partial charge in [-0.05, 0) is 23.8 Å². The minimum atomic E-state index is -0.436. The van der Waals surface area contributed by atoms with Crippen molar-refractivity contribution < 1.29 is 14.3 Å². The Balaban J connectivity index is 1.56. The Hall–Kier alpha value is -2.97. The Morgan fingerprint density at radius 2 is 2.04 bits per heavy atom. The molecule has 1 fully saturated rings. The van der Waals surface area contributed by atoms with Gasteiger partial charge < -0.3 is 15.0 Å². The van der Waals surface area contributed by atoms with Crippen LogP contribution in [-0.2, 0) is 11.2 Å². The van der Waals surface area contributed by atoms with Crippen LogP contribution in [-0.4, -0.2) is 47.6 Å². The maximum absolute atomic E-state index is 12.4. The first-order valence-electron chi connectivity index (χ1n) is 8.34. The highest BCUT2D eigenvalue weighted by atomic mass is 16.5. The molecule has 26 heavy (non-hydrogen) atoms. The van der Waals surface area contributed by atoms with Crippen molar-refractivity contribution in [2.24, 2.45) is 5.84 Å². The van der Waals surface area contributed by atoms with Gasteiger partial charge in [0, 0.05) is 31.4 Å². The smallest absolute Gasteiger partial charge is 0.322 e. The second kappa shape index (κ2) is 8.41. The molecule has 1 unspecified atom stereocenters. The molecule has 0 saturated carbocycles. The highest BCUT2D eigenvalue weighted by molar-refractivity contribution is 5.91. The van der Waals surface area contributed by atoms with E-state index in [4.69, 9.17) is 10.6 Å². The van der Waals surface area contributed by atoms with Crippen LogP contribution < -0.4 is 16.6 Å². The molecule has 3 amide bonds. The Labute approximate surface area is 151 Å². The van der Waals surface area contributed by atoms with Gasteiger partial charge in [-0.3, -0.25) is 15.2 Å². The number of amides is 3. The van der Waals surface area contributed by atoms with Crippen LogP contribution in [0.5, 0.6) is 0 Å². The molecule has 2 heterocycles. The molecular formula is C18H21N5O3. The minimum absolute atomic E-state index is 0.124. The summed E-state index contributed by atoms with van der Waals surface area (Å²) in [7, 11) is 0. The lowest BCUT2D eigenvalue weighted by Crippen LogP contribution is -2.48. The van der Waals surface area contributed by atoms with Crippen molar-refractivity contribution in [3.8, 4) is 0 Å². The Bertz CT molecular complexity index is 751. The first-order chi connectivity index (χ1) is 12.7. The van der Waals surface area contributed by atoms with Crippen molar-refractivity contribution in [3.63, 3.8) is 0 Å². The van der Waals surface area contributed by atoms with Crippen LogP contribution in [0.2, 0.25) is 0 Å². The van der Waals surface area contributed by atoms with Crippen molar-refractivity contribution in [2.75, 3.05) is 25.0 Å². The molecule has 1 aliphatic rings. The number of urea groups is 1. The Morgan fingerprint density at radius 1 is 1.23 bits per heavy atom. The first-order valence-corrected chi connectivity index (χ1v) is 8.34. The van der Waals surface area contributed by atoms with E-state index >= 15 is 0 Å². The number of morpholine rings is 1. The highest BCUT2D eigenvalue weighted by Crippen LogP contribution is 2.14. The van der Waals surface area contributed by atoms with E-state index in [0.717, 1.165) is 11.3 Å². The monoisotopic (exact) mass is 355 g/mol. The zero-order valence-electron chi connectivity index (χ0n) is 14.2. The summed E-state index contributed by atoms with van der Waals surface area (Å²) in [6.07, 6.45) is 2.10. The highest BCUT2D eigenvalue weighted by Gasteiger charge is 2.24. The van der Waals surface area contributed by atoms with E-state index in [2.05, 4.69) is 10.3 Å². The maximum atomic E-state index is 12.4. The van der Waals surface area contributed by atoms with E-state index < -0.39 is 5.91 Å². The van der Waals surface area contributed by atoms with E-state index in [-0.39, 0.29) is 17.8 Å². The predicted octanol–water partition coefficient (Wildman–Crippen LogP) is 1.16. The topological polar surface area (TPSA) is 110 Å². The number of hydrazine groups is 1. The molecule has 1 atom stereocenters. The second-order valence-electron chi connectivity index (χ2n) is 5.96. The van der Waals surface area contributed by atoms with E-state index in [0.29, 0.717) is 26.1 Å². The number of hydrogen-bond donors (Lipinski definition) is 3. The summed E-state index contributed by atoms with van der Waals surface area (Å²) in [5.74, 6) is 4.65. The number of carbonyl (C=O) groups is 2. The maximum Gasteiger partial charge on any atom is 0.322 e. The standard InChI is InChI=1S/C18H21N5O3/c19-22-17(24)16-7-6-13(11-20-16)10-15-12-23(8-9-26-15)18(25)21-14-4-2-1-3-5-14/h1-7,11,15H,8-10,12,19H2,(H,21,25)(H,22,24). The fourth-order valence-corrected chi connectivity index (χ4v) is 2.77. The Morgan fingerprint density at radius 3 is 2.73 bits per heavy atom. The van der Waals surface area contributed by atoms with E-state index in [9.17, 15) is 9.59 Å². The first kappa shape index (κ1) is 17.8. The van der Waals surface area contributed by atoms with Gasteiger partial charge in [-0.25, -0.2) is 10.6 Å². The van der Waals surface area contributed by atoms with Crippen molar-refractivity contribution in [1.29, 1.82) is 0 Å². The number of benzene rings is 1. The second-order valence-corrected chi connectivity index (χ2v) is 5.96. The molecule has 8 nitrogen and oxygen atoms in total. The van der Waals surface area contributed by atoms with Crippen LogP contribution in [0.1, 0.15) is 16.1 Å². The lowest BCUT2D eigenvalue weighted by Gasteiger charge is -2.33. The number of nitrogens with zero attached hydrogens (tertiary/aromatic N) is 2. The van der Waals surface area contributed by atoms with Gasteiger partial charge in [-0.2, -0.15) is 0 Å². The third-order valence-electron chi connectivity index (χ3n) is 4.10. The molecule has 1 aromatic heterocycles. The summed E-state index contributed by atoms with van der Waals surface area (Å²) in [6.45, 7) is 1.51. The lowest BCUT2D eigenvalue weighted by atomic mass is 10.1. The average Bonchev–Trinajstić information content (AvgIpc) is 2.69. The van der Waals surface area contributed by atoms with Crippen LogP contribution in [0.3, 0.4) is 0 Å². The van der Waals surface area contributed by atoms with Gasteiger partial charge in [-0.1, -0.05) is 24.3 Å². The number of nitrogens with two attached hydrogens (primary N) is 1.